The number of nitrogens with one attached hydrogen (secondary N) is 2. The zero-order chi connectivity index (χ0) is 14.1. The van der Waals surface area contributed by atoms with E-state index in [9.17, 15) is 8.42 Å². The van der Waals surface area contributed by atoms with Gasteiger partial charge in [0.25, 0.3) is 0 Å². The van der Waals surface area contributed by atoms with E-state index >= 15 is 0 Å². The minimum atomic E-state index is -3.14. The Kier molecular flexibility index (Phi) is 10.2. The van der Waals surface area contributed by atoms with E-state index in [2.05, 4.69) is 21.1 Å². The fourth-order valence-corrected chi connectivity index (χ4v) is 2.62. The lowest BCUT2D eigenvalue weighted by Gasteiger charge is -2.05. The van der Waals surface area contributed by atoms with Gasteiger partial charge in [0.15, 0.2) is 5.96 Å². The molecule has 0 unspecified atom stereocenters. The maximum atomic E-state index is 11.1. The number of guanidine groups is 1. The van der Waals surface area contributed by atoms with Gasteiger partial charge < -0.3 is 11.1 Å². The maximum absolute atomic E-state index is 11.1. The van der Waals surface area contributed by atoms with Crippen LogP contribution in [0, 0.1) is 0 Å². The third-order valence-corrected chi connectivity index (χ3v) is 4.69. The molecule has 0 atom stereocenters. The second-order valence-electron chi connectivity index (χ2n) is 3.82. The molecule has 116 valence electrons. The zero-order valence-electron chi connectivity index (χ0n) is 11.3. The van der Waals surface area contributed by atoms with Crippen LogP contribution in [-0.2, 0) is 16.4 Å². The number of sulfonamides is 1. The Bertz CT molecular complexity index is 489. The molecule has 0 amide bonds. The smallest absolute Gasteiger partial charge is 0.211 e. The molecule has 0 aliphatic carbocycles. The van der Waals surface area contributed by atoms with Crippen LogP contribution in [0.25, 0.3) is 0 Å². The summed E-state index contributed by atoms with van der Waals surface area (Å²) in [5.74, 6) is 0.415. The fourth-order valence-electron chi connectivity index (χ4n) is 1.30. The van der Waals surface area contributed by atoms with Gasteiger partial charge in [0.05, 0.1) is 12.3 Å². The first kappa shape index (κ1) is 19.6. The molecule has 0 spiro atoms. The number of aliphatic imine (C=N–C) groups is 1. The predicted molar refractivity (Wildman–Crippen MR) is 95.4 cm³/mol. The third-order valence-electron chi connectivity index (χ3n) is 2.35. The molecule has 1 heterocycles. The van der Waals surface area contributed by atoms with Gasteiger partial charge >= 0.3 is 0 Å². The Morgan fingerprint density at radius 3 is 2.80 bits per heavy atom. The zero-order valence-corrected chi connectivity index (χ0v) is 15.3. The van der Waals surface area contributed by atoms with Gasteiger partial charge in [-0.15, -0.1) is 35.3 Å². The molecule has 1 aromatic heterocycles. The molecule has 0 bridgehead atoms. The summed E-state index contributed by atoms with van der Waals surface area (Å²) in [4.78, 5) is 5.33. The van der Waals surface area contributed by atoms with Crippen LogP contribution >= 0.6 is 35.3 Å². The number of hydrogen-bond donors (Lipinski definition) is 3. The third kappa shape index (κ3) is 8.72. The fraction of sp³-hybridized carbons (Fsp3) is 0.545. The van der Waals surface area contributed by atoms with E-state index < -0.39 is 10.0 Å². The summed E-state index contributed by atoms with van der Waals surface area (Å²) in [5, 5.41) is 5.02. The topological polar surface area (TPSA) is 96.6 Å². The summed E-state index contributed by atoms with van der Waals surface area (Å²) in [5.41, 5.74) is 5.66. The summed E-state index contributed by atoms with van der Waals surface area (Å²) in [6.07, 6.45) is 0.899. The monoisotopic (exact) mass is 432 g/mol. The second-order valence-corrected chi connectivity index (χ2v) is 6.95. The maximum Gasteiger partial charge on any atom is 0.211 e. The molecular weight excluding hydrogens is 411 g/mol. The van der Waals surface area contributed by atoms with E-state index in [-0.39, 0.29) is 36.3 Å². The molecule has 20 heavy (non-hydrogen) atoms. The summed E-state index contributed by atoms with van der Waals surface area (Å²) in [6.45, 7) is 2.91. The van der Waals surface area contributed by atoms with Gasteiger partial charge in [-0.05, 0) is 24.8 Å². The van der Waals surface area contributed by atoms with Gasteiger partial charge in [-0.1, -0.05) is 6.07 Å². The Balaban J connectivity index is 0.00000361. The lowest BCUT2D eigenvalue weighted by Crippen LogP contribution is -2.34. The molecule has 9 heteroatoms. The highest BCUT2D eigenvalue weighted by molar-refractivity contribution is 14.0. The second kappa shape index (κ2) is 10.4. The van der Waals surface area contributed by atoms with Crippen LogP contribution in [0.15, 0.2) is 22.5 Å². The normalized spacial score (nSPS) is 11.9. The standard InChI is InChI=1S/C11H20N4O2S2.HI/c1-2-19(16,17)15-8-7-14-11(12)13-6-5-10-4-3-9-18-10;/h3-4,9,15H,2,5-8H2,1H3,(H3,12,13,14);1H. The molecule has 1 aromatic rings. The van der Waals surface area contributed by atoms with Crippen LogP contribution in [0.2, 0.25) is 0 Å². The van der Waals surface area contributed by atoms with Crippen LogP contribution in [0.5, 0.6) is 0 Å². The number of nitrogens with zero attached hydrogens (tertiary/aromatic N) is 1. The van der Waals surface area contributed by atoms with Crippen molar-refractivity contribution >= 4 is 51.3 Å². The highest BCUT2D eigenvalue weighted by atomic mass is 127. The Morgan fingerprint density at radius 1 is 1.45 bits per heavy atom. The molecule has 0 radical (unpaired) electrons. The minimum absolute atomic E-state index is 0. The van der Waals surface area contributed by atoms with Crippen molar-refractivity contribution in [1.82, 2.24) is 10.0 Å². The van der Waals surface area contributed by atoms with Gasteiger partial charge in [0.1, 0.15) is 0 Å². The number of thiophene rings is 1. The van der Waals surface area contributed by atoms with E-state index in [0.29, 0.717) is 12.5 Å². The van der Waals surface area contributed by atoms with Crippen molar-refractivity contribution in [3.8, 4) is 0 Å². The summed E-state index contributed by atoms with van der Waals surface area (Å²) >= 11 is 1.70. The van der Waals surface area contributed by atoms with Crippen molar-refractivity contribution in [3.63, 3.8) is 0 Å². The van der Waals surface area contributed by atoms with Crippen molar-refractivity contribution in [2.75, 3.05) is 25.4 Å². The van der Waals surface area contributed by atoms with Crippen LogP contribution in [-0.4, -0.2) is 39.8 Å². The number of nitrogens with two attached hydrogens (primary N) is 1. The van der Waals surface area contributed by atoms with E-state index in [4.69, 9.17) is 5.73 Å². The molecule has 1 rings (SSSR count). The van der Waals surface area contributed by atoms with E-state index in [0.717, 1.165) is 13.0 Å². The van der Waals surface area contributed by atoms with Gasteiger partial charge in [-0.25, -0.2) is 13.1 Å². The first-order valence-electron chi connectivity index (χ1n) is 6.07. The molecule has 0 saturated carbocycles. The number of halogens is 1. The first-order valence-corrected chi connectivity index (χ1v) is 8.60. The highest BCUT2D eigenvalue weighted by Crippen LogP contribution is 2.07. The van der Waals surface area contributed by atoms with E-state index in [1.807, 2.05) is 11.4 Å². The van der Waals surface area contributed by atoms with E-state index in [1.54, 1.807) is 18.3 Å². The predicted octanol–water partition coefficient (Wildman–Crippen LogP) is 0.752. The number of rotatable bonds is 8. The van der Waals surface area contributed by atoms with Gasteiger partial charge in [0, 0.05) is 18.0 Å². The average molecular weight is 432 g/mol. The average Bonchev–Trinajstić information content (AvgIpc) is 2.88. The molecular formula is C11H21IN4O2S2. The lowest BCUT2D eigenvalue weighted by molar-refractivity contribution is 0.583. The quantitative estimate of drug-likeness (QED) is 0.245. The molecule has 4 N–H and O–H groups in total. The minimum Gasteiger partial charge on any atom is -0.370 e. The Morgan fingerprint density at radius 2 is 2.20 bits per heavy atom. The largest absolute Gasteiger partial charge is 0.370 e. The first-order chi connectivity index (χ1) is 9.03. The summed E-state index contributed by atoms with van der Waals surface area (Å²) < 4.78 is 24.7. The Hall–Kier alpha value is -0.390. The summed E-state index contributed by atoms with van der Waals surface area (Å²) in [6, 6.07) is 4.08. The molecule has 0 saturated heterocycles. The van der Waals surface area contributed by atoms with Gasteiger partial charge in [-0.3, -0.25) is 4.99 Å². The molecule has 6 nitrogen and oxygen atoms in total. The van der Waals surface area contributed by atoms with Crippen LogP contribution in [0.3, 0.4) is 0 Å². The van der Waals surface area contributed by atoms with Gasteiger partial charge in [0.2, 0.25) is 10.0 Å². The highest BCUT2D eigenvalue weighted by Gasteiger charge is 2.03. The number of hydrogen-bond acceptors (Lipinski definition) is 4. The molecule has 0 aromatic carbocycles. The Labute approximate surface area is 141 Å². The van der Waals surface area contributed by atoms with Gasteiger partial charge in [-0.2, -0.15) is 0 Å². The lowest BCUT2D eigenvalue weighted by atomic mass is 10.3. The van der Waals surface area contributed by atoms with Crippen LogP contribution in [0.1, 0.15) is 11.8 Å². The van der Waals surface area contributed by atoms with Crippen molar-refractivity contribution in [3.05, 3.63) is 22.4 Å². The van der Waals surface area contributed by atoms with Crippen molar-refractivity contribution < 1.29 is 8.42 Å². The molecule has 0 fully saturated rings. The summed E-state index contributed by atoms with van der Waals surface area (Å²) in [7, 11) is -3.14. The van der Waals surface area contributed by atoms with Crippen molar-refractivity contribution in [2.45, 2.75) is 13.3 Å². The SMILES string of the molecule is CCS(=O)(=O)NCCN=C(N)NCCc1cccs1.I. The van der Waals surface area contributed by atoms with Crippen LogP contribution in [0.4, 0.5) is 0 Å². The van der Waals surface area contributed by atoms with Crippen LogP contribution < -0.4 is 15.8 Å². The van der Waals surface area contributed by atoms with E-state index in [1.165, 1.54) is 4.88 Å². The molecule has 0 aliphatic rings. The molecule has 0 aliphatic heterocycles. The van der Waals surface area contributed by atoms with Crippen molar-refractivity contribution in [2.24, 2.45) is 10.7 Å². The van der Waals surface area contributed by atoms with Crippen molar-refractivity contribution in [1.29, 1.82) is 0 Å².